The van der Waals surface area contributed by atoms with Gasteiger partial charge in [-0.2, -0.15) is 4.98 Å². The topological polar surface area (TPSA) is 93.4 Å². The molecule has 1 amide bonds. The summed E-state index contributed by atoms with van der Waals surface area (Å²) < 4.78 is 5.61. The van der Waals surface area contributed by atoms with Gasteiger partial charge in [-0.1, -0.05) is 11.6 Å². The molecule has 20 heavy (non-hydrogen) atoms. The van der Waals surface area contributed by atoms with Crippen LogP contribution in [0, 0.1) is 6.92 Å². The maximum absolute atomic E-state index is 11.4. The minimum atomic E-state index is -0.0970. The molecule has 1 atom stereocenters. The van der Waals surface area contributed by atoms with E-state index in [1.165, 1.54) is 0 Å². The Labute approximate surface area is 122 Å². The summed E-state index contributed by atoms with van der Waals surface area (Å²) >= 11 is 6.11. The zero-order chi connectivity index (χ0) is 14.7. The number of hydrogen-bond acceptors (Lipinski definition) is 6. The van der Waals surface area contributed by atoms with Crippen LogP contribution in [0.4, 0.5) is 11.8 Å². The van der Waals surface area contributed by atoms with Crippen molar-refractivity contribution >= 4 is 29.3 Å². The van der Waals surface area contributed by atoms with E-state index in [9.17, 15) is 4.79 Å². The molecule has 0 radical (unpaired) electrons. The van der Waals surface area contributed by atoms with Crippen LogP contribution in [0.3, 0.4) is 0 Å². The number of carbonyl (C=O) groups excluding carboxylic acids is 1. The molecule has 0 spiro atoms. The SMILES string of the molecule is CC(=O)N1CCOC(CNc2nc(N)nc(C)c2Cl)C1. The van der Waals surface area contributed by atoms with Crippen molar-refractivity contribution < 1.29 is 9.53 Å². The molecule has 8 heteroatoms. The first-order valence-corrected chi connectivity index (χ1v) is 6.75. The van der Waals surface area contributed by atoms with Gasteiger partial charge >= 0.3 is 0 Å². The van der Waals surface area contributed by atoms with E-state index in [-0.39, 0.29) is 18.0 Å². The van der Waals surface area contributed by atoms with Gasteiger partial charge in [0.1, 0.15) is 5.02 Å². The summed E-state index contributed by atoms with van der Waals surface area (Å²) in [6.07, 6.45) is -0.0970. The first-order valence-electron chi connectivity index (χ1n) is 6.38. The van der Waals surface area contributed by atoms with Gasteiger partial charge in [-0.25, -0.2) is 4.98 Å². The van der Waals surface area contributed by atoms with Crippen LogP contribution in [-0.2, 0) is 9.53 Å². The van der Waals surface area contributed by atoms with Gasteiger partial charge in [-0.15, -0.1) is 0 Å². The summed E-state index contributed by atoms with van der Waals surface area (Å²) in [4.78, 5) is 21.1. The molecule has 1 aliphatic rings. The van der Waals surface area contributed by atoms with Gasteiger partial charge in [0.2, 0.25) is 11.9 Å². The number of amides is 1. The van der Waals surface area contributed by atoms with Crippen molar-refractivity contribution in [3.8, 4) is 0 Å². The van der Waals surface area contributed by atoms with Crippen LogP contribution in [0.1, 0.15) is 12.6 Å². The normalized spacial score (nSPS) is 18.9. The molecule has 1 aromatic heterocycles. The number of carbonyl (C=O) groups is 1. The van der Waals surface area contributed by atoms with Crippen LogP contribution in [0.15, 0.2) is 0 Å². The Morgan fingerprint density at radius 1 is 1.60 bits per heavy atom. The fraction of sp³-hybridized carbons (Fsp3) is 0.583. The fourth-order valence-corrected chi connectivity index (χ4v) is 2.19. The van der Waals surface area contributed by atoms with Crippen LogP contribution in [0.5, 0.6) is 0 Å². The number of nitrogens with zero attached hydrogens (tertiary/aromatic N) is 3. The van der Waals surface area contributed by atoms with Gasteiger partial charge < -0.3 is 20.7 Å². The maximum Gasteiger partial charge on any atom is 0.222 e. The highest BCUT2D eigenvalue weighted by Gasteiger charge is 2.22. The van der Waals surface area contributed by atoms with Crippen molar-refractivity contribution in [1.29, 1.82) is 0 Å². The van der Waals surface area contributed by atoms with Gasteiger partial charge in [-0.3, -0.25) is 4.79 Å². The number of ether oxygens (including phenoxy) is 1. The second-order valence-corrected chi connectivity index (χ2v) is 5.05. The van der Waals surface area contributed by atoms with Crippen molar-refractivity contribution in [3.05, 3.63) is 10.7 Å². The molecule has 7 nitrogen and oxygen atoms in total. The third-order valence-electron chi connectivity index (χ3n) is 3.12. The lowest BCUT2D eigenvalue weighted by atomic mass is 10.2. The van der Waals surface area contributed by atoms with Crippen molar-refractivity contribution in [3.63, 3.8) is 0 Å². The lowest BCUT2D eigenvalue weighted by Crippen LogP contribution is -2.47. The van der Waals surface area contributed by atoms with E-state index < -0.39 is 0 Å². The Kier molecular flexibility index (Phi) is 4.61. The third kappa shape index (κ3) is 3.49. The molecule has 1 aromatic rings. The highest BCUT2D eigenvalue weighted by atomic mass is 35.5. The Hall–Kier alpha value is -1.60. The van der Waals surface area contributed by atoms with E-state index in [2.05, 4.69) is 15.3 Å². The number of rotatable bonds is 3. The van der Waals surface area contributed by atoms with Crippen LogP contribution in [0.25, 0.3) is 0 Å². The lowest BCUT2D eigenvalue weighted by Gasteiger charge is -2.32. The minimum Gasteiger partial charge on any atom is -0.373 e. The van der Waals surface area contributed by atoms with Crippen LogP contribution >= 0.6 is 11.6 Å². The smallest absolute Gasteiger partial charge is 0.222 e. The molecular weight excluding hydrogens is 282 g/mol. The predicted molar refractivity (Wildman–Crippen MR) is 76.7 cm³/mol. The summed E-state index contributed by atoms with van der Waals surface area (Å²) in [5, 5.41) is 3.54. The van der Waals surface area contributed by atoms with E-state index in [0.717, 1.165) is 0 Å². The molecule has 2 heterocycles. The summed E-state index contributed by atoms with van der Waals surface area (Å²) in [5.41, 5.74) is 6.22. The van der Waals surface area contributed by atoms with Crippen LogP contribution in [-0.4, -0.2) is 53.1 Å². The molecular formula is C12H18ClN5O2. The highest BCUT2D eigenvalue weighted by Crippen LogP contribution is 2.23. The Morgan fingerprint density at radius 3 is 3.05 bits per heavy atom. The standard InChI is InChI=1S/C12H18ClN5O2/c1-7-10(13)11(17-12(14)16-7)15-5-9-6-18(8(2)19)3-4-20-9/h9H,3-6H2,1-2H3,(H3,14,15,16,17). The minimum absolute atomic E-state index is 0.0541. The van der Waals surface area contributed by atoms with Gasteiger partial charge in [0.05, 0.1) is 18.4 Å². The van der Waals surface area contributed by atoms with Crippen molar-refractivity contribution in [2.75, 3.05) is 37.3 Å². The number of halogens is 1. The van der Waals surface area contributed by atoms with E-state index in [1.54, 1.807) is 18.7 Å². The zero-order valence-corrected chi connectivity index (χ0v) is 12.3. The molecule has 1 aliphatic heterocycles. The van der Waals surface area contributed by atoms with Gasteiger partial charge in [-0.05, 0) is 6.92 Å². The average molecular weight is 300 g/mol. The Morgan fingerprint density at radius 2 is 2.35 bits per heavy atom. The average Bonchev–Trinajstić information content (AvgIpc) is 2.41. The third-order valence-corrected chi connectivity index (χ3v) is 3.57. The van der Waals surface area contributed by atoms with Crippen LogP contribution in [0.2, 0.25) is 5.02 Å². The first-order chi connectivity index (χ1) is 9.47. The van der Waals surface area contributed by atoms with E-state index in [0.29, 0.717) is 42.8 Å². The maximum atomic E-state index is 11.4. The van der Waals surface area contributed by atoms with Crippen molar-refractivity contribution in [2.45, 2.75) is 20.0 Å². The van der Waals surface area contributed by atoms with Gasteiger partial charge in [0.15, 0.2) is 5.82 Å². The Balaban J connectivity index is 1.97. The zero-order valence-electron chi connectivity index (χ0n) is 11.5. The largest absolute Gasteiger partial charge is 0.373 e. The first kappa shape index (κ1) is 14.8. The molecule has 2 rings (SSSR count). The fourth-order valence-electron chi connectivity index (χ4n) is 2.04. The van der Waals surface area contributed by atoms with E-state index in [1.807, 2.05) is 0 Å². The summed E-state index contributed by atoms with van der Waals surface area (Å²) in [7, 11) is 0. The molecule has 110 valence electrons. The predicted octanol–water partition coefficient (Wildman–Crippen LogP) is 0.680. The molecule has 1 saturated heterocycles. The monoisotopic (exact) mass is 299 g/mol. The second kappa shape index (κ2) is 6.23. The van der Waals surface area contributed by atoms with E-state index >= 15 is 0 Å². The number of nitrogens with two attached hydrogens (primary N) is 1. The number of aryl methyl sites for hydroxylation is 1. The molecule has 1 unspecified atom stereocenters. The molecule has 3 N–H and O–H groups in total. The number of nitrogen functional groups attached to an aromatic ring is 1. The summed E-state index contributed by atoms with van der Waals surface area (Å²) in [6.45, 7) is 5.54. The lowest BCUT2D eigenvalue weighted by molar-refractivity contribution is -0.135. The number of nitrogens with one attached hydrogen (secondary N) is 1. The number of morpholine rings is 1. The molecule has 0 aliphatic carbocycles. The summed E-state index contributed by atoms with van der Waals surface area (Å²) in [5.74, 6) is 0.711. The highest BCUT2D eigenvalue weighted by molar-refractivity contribution is 6.33. The molecule has 1 fully saturated rings. The van der Waals surface area contributed by atoms with Crippen molar-refractivity contribution in [2.24, 2.45) is 0 Å². The van der Waals surface area contributed by atoms with Crippen LogP contribution < -0.4 is 11.1 Å². The second-order valence-electron chi connectivity index (χ2n) is 4.67. The summed E-state index contributed by atoms with van der Waals surface area (Å²) in [6, 6.07) is 0. The Bertz CT molecular complexity index is 511. The molecule has 0 bridgehead atoms. The van der Waals surface area contributed by atoms with Crippen molar-refractivity contribution in [1.82, 2.24) is 14.9 Å². The number of hydrogen-bond donors (Lipinski definition) is 2. The quantitative estimate of drug-likeness (QED) is 0.852. The van der Waals surface area contributed by atoms with Gasteiger partial charge in [0.25, 0.3) is 0 Å². The van der Waals surface area contributed by atoms with E-state index in [4.69, 9.17) is 22.1 Å². The number of anilines is 2. The molecule has 0 aromatic carbocycles. The number of aromatic nitrogens is 2. The van der Waals surface area contributed by atoms with Gasteiger partial charge in [0, 0.05) is 26.6 Å². The molecule has 0 saturated carbocycles.